The van der Waals surface area contributed by atoms with Gasteiger partial charge in [0.15, 0.2) is 0 Å². The van der Waals surface area contributed by atoms with Gasteiger partial charge in [-0.2, -0.15) is 0 Å². The maximum absolute atomic E-state index is 11.5. The van der Waals surface area contributed by atoms with Crippen LogP contribution < -0.4 is 5.32 Å². The fraction of sp³-hybridized carbons (Fsp3) is 0.583. The average molecular weight is 223 g/mol. The second-order valence-corrected chi connectivity index (χ2v) is 4.11. The van der Waals surface area contributed by atoms with Crippen LogP contribution in [-0.2, 0) is 16.0 Å². The van der Waals surface area contributed by atoms with Gasteiger partial charge in [-0.1, -0.05) is 0 Å². The molecule has 2 rings (SSSR count). The van der Waals surface area contributed by atoms with Crippen molar-refractivity contribution in [2.24, 2.45) is 5.92 Å². The smallest absolute Gasteiger partial charge is 0.220 e. The standard InChI is InChI=1S/C12H17NO3/c14-12(8-10-4-7-15-9-10)13-5-3-11-2-1-6-16-11/h1-2,6,10H,3-5,7-9H2,(H,13,14)/t10-/m0/s1. The van der Waals surface area contributed by atoms with Gasteiger partial charge in [0, 0.05) is 32.6 Å². The number of nitrogens with one attached hydrogen (secondary N) is 1. The molecule has 1 aromatic rings. The Hall–Kier alpha value is -1.29. The lowest BCUT2D eigenvalue weighted by Gasteiger charge is -2.07. The van der Waals surface area contributed by atoms with E-state index in [4.69, 9.17) is 9.15 Å². The van der Waals surface area contributed by atoms with Crippen LogP contribution in [0.25, 0.3) is 0 Å². The first-order chi connectivity index (χ1) is 7.84. The Morgan fingerprint density at radius 1 is 1.56 bits per heavy atom. The van der Waals surface area contributed by atoms with E-state index in [0.29, 0.717) is 18.9 Å². The molecule has 0 spiro atoms. The normalized spacial score (nSPS) is 19.9. The van der Waals surface area contributed by atoms with Gasteiger partial charge >= 0.3 is 0 Å². The van der Waals surface area contributed by atoms with Gasteiger partial charge in [0.25, 0.3) is 0 Å². The summed E-state index contributed by atoms with van der Waals surface area (Å²) in [5.41, 5.74) is 0. The first-order valence-corrected chi connectivity index (χ1v) is 5.71. The van der Waals surface area contributed by atoms with Gasteiger partial charge in [-0.3, -0.25) is 4.79 Å². The van der Waals surface area contributed by atoms with E-state index in [0.717, 1.165) is 31.8 Å². The minimum Gasteiger partial charge on any atom is -0.469 e. The van der Waals surface area contributed by atoms with E-state index in [-0.39, 0.29) is 5.91 Å². The Morgan fingerprint density at radius 3 is 3.19 bits per heavy atom. The Morgan fingerprint density at radius 2 is 2.50 bits per heavy atom. The predicted molar refractivity (Wildman–Crippen MR) is 59.0 cm³/mol. The molecule has 0 unspecified atom stereocenters. The van der Waals surface area contributed by atoms with Crippen molar-refractivity contribution in [2.45, 2.75) is 19.3 Å². The van der Waals surface area contributed by atoms with Crippen LogP contribution in [0.15, 0.2) is 22.8 Å². The van der Waals surface area contributed by atoms with Crippen molar-refractivity contribution in [3.63, 3.8) is 0 Å². The Bertz CT molecular complexity index is 315. The minimum atomic E-state index is 0.113. The summed E-state index contributed by atoms with van der Waals surface area (Å²) in [6, 6.07) is 3.77. The molecule has 16 heavy (non-hydrogen) atoms. The molecule has 1 amide bonds. The number of hydrogen-bond donors (Lipinski definition) is 1. The monoisotopic (exact) mass is 223 g/mol. The summed E-state index contributed by atoms with van der Waals surface area (Å²) in [7, 11) is 0. The molecule has 0 bridgehead atoms. The van der Waals surface area contributed by atoms with Crippen molar-refractivity contribution in [2.75, 3.05) is 19.8 Å². The summed E-state index contributed by atoms with van der Waals surface area (Å²) < 4.78 is 10.4. The highest BCUT2D eigenvalue weighted by Gasteiger charge is 2.18. The maximum Gasteiger partial charge on any atom is 0.220 e. The minimum absolute atomic E-state index is 0.113. The quantitative estimate of drug-likeness (QED) is 0.820. The Balaban J connectivity index is 1.60. The third-order valence-electron chi connectivity index (χ3n) is 2.77. The average Bonchev–Trinajstić information content (AvgIpc) is 2.90. The van der Waals surface area contributed by atoms with Crippen LogP contribution in [-0.4, -0.2) is 25.7 Å². The molecule has 1 aliphatic rings. The summed E-state index contributed by atoms with van der Waals surface area (Å²) >= 11 is 0. The van der Waals surface area contributed by atoms with E-state index >= 15 is 0 Å². The summed E-state index contributed by atoms with van der Waals surface area (Å²) in [5, 5.41) is 2.89. The Labute approximate surface area is 95.0 Å². The third kappa shape index (κ3) is 3.38. The summed E-state index contributed by atoms with van der Waals surface area (Å²) in [5.74, 6) is 1.43. The maximum atomic E-state index is 11.5. The van der Waals surface area contributed by atoms with E-state index in [1.165, 1.54) is 0 Å². The molecule has 88 valence electrons. The van der Waals surface area contributed by atoms with E-state index in [1.807, 2.05) is 12.1 Å². The molecular weight excluding hydrogens is 206 g/mol. The lowest BCUT2D eigenvalue weighted by molar-refractivity contribution is -0.122. The number of hydrogen-bond acceptors (Lipinski definition) is 3. The molecule has 1 aromatic heterocycles. The van der Waals surface area contributed by atoms with Gasteiger partial charge in [0.05, 0.1) is 6.26 Å². The van der Waals surface area contributed by atoms with Crippen LogP contribution in [0, 0.1) is 5.92 Å². The summed E-state index contributed by atoms with van der Waals surface area (Å²) in [4.78, 5) is 11.5. The van der Waals surface area contributed by atoms with E-state index in [1.54, 1.807) is 6.26 Å². The van der Waals surface area contributed by atoms with Crippen molar-refractivity contribution >= 4 is 5.91 Å². The van der Waals surface area contributed by atoms with E-state index < -0.39 is 0 Å². The molecule has 0 radical (unpaired) electrons. The van der Waals surface area contributed by atoms with E-state index in [2.05, 4.69) is 5.32 Å². The molecule has 1 N–H and O–H groups in total. The number of amides is 1. The highest BCUT2D eigenvalue weighted by Crippen LogP contribution is 2.15. The Kier molecular flexibility index (Phi) is 3.99. The van der Waals surface area contributed by atoms with Crippen molar-refractivity contribution in [1.82, 2.24) is 5.32 Å². The van der Waals surface area contributed by atoms with Gasteiger partial charge < -0.3 is 14.5 Å². The van der Waals surface area contributed by atoms with E-state index in [9.17, 15) is 4.79 Å². The second kappa shape index (κ2) is 5.70. The molecule has 0 saturated carbocycles. The fourth-order valence-corrected chi connectivity index (χ4v) is 1.86. The molecule has 2 heterocycles. The van der Waals surface area contributed by atoms with Crippen molar-refractivity contribution in [3.8, 4) is 0 Å². The molecular formula is C12H17NO3. The molecule has 1 aliphatic heterocycles. The predicted octanol–water partition coefficient (Wildman–Crippen LogP) is 1.36. The zero-order chi connectivity index (χ0) is 11.2. The lowest BCUT2D eigenvalue weighted by Crippen LogP contribution is -2.27. The van der Waals surface area contributed by atoms with Crippen LogP contribution in [0.5, 0.6) is 0 Å². The van der Waals surface area contributed by atoms with Crippen LogP contribution in [0.1, 0.15) is 18.6 Å². The van der Waals surface area contributed by atoms with Crippen LogP contribution in [0.3, 0.4) is 0 Å². The largest absolute Gasteiger partial charge is 0.469 e. The fourth-order valence-electron chi connectivity index (χ4n) is 1.86. The number of carbonyl (C=O) groups is 1. The van der Waals surface area contributed by atoms with Crippen LogP contribution >= 0.6 is 0 Å². The first-order valence-electron chi connectivity index (χ1n) is 5.71. The van der Waals surface area contributed by atoms with Gasteiger partial charge in [0.1, 0.15) is 5.76 Å². The lowest BCUT2D eigenvalue weighted by atomic mass is 10.1. The third-order valence-corrected chi connectivity index (χ3v) is 2.77. The van der Waals surface area contributed by atoms with Gasteiger partial charge in [0.2, 0.25) is 5.91 Å². The number of rotatable bonds is 5. The van der Waals surface area contributed by atoms with Gasteiger partial charge in [-0.15, -0.1) is 0 Å². The zero-order valence-corrected chi connectivity index (χ0v) is 9.28. The topological polar surface area (TPSA) is 51.5 Å². The molecule has 0 aromatic carbocycles. The second-order valence-electron chi connectivity index (χ2n) is 4.11. The number of ether oxygens (including phenoxy) is 1. The molecule has 1 fully saturated rings. The highest BCUT2D eigenvalue weighted by molar-refractivity contribution is 5.76. The zero-order valence-electron chi connectivity index (χ0n) is 9.28. The SMILES string of the molecule is O=C(C[C@@H]1CCOC1)NCCc1ccco1. The van der Waals surface area contributed by atoms with Gasteiger partial charge in [-0.25, -0.2) is 0 Å². The molecule has 0 aliphatic carbocycles. The van der Waals surface area contributed by atoms with Crippen LogP contribution in [0.4, 0.5) is 0 Å². The first kappa shape index (κ1) is 11.2. The van der Waals surface area contributed by atoms with Crippen LogP contribution in [0.2, 0.25) is 0 Å². The van der Waals surface area contributed by atoms with Gasteiger partial charge in [-0.05, 0) is 24.5 Å². The number of furan rings is 1. The molecule has 1 saturated heterocycles. The van der Waals surface area contributed by atoms with Crippen molar-refractivity contribution in [3.05, 3.63) is 24.2 Å². The highest BCUT2D eigenvalue weighted by atomic mass is 16.5. The number of carbonyl (C=O) groups excluding carboxylic acids is 1. The summed E-state index contributed by atoms with van der Waals surface area (Å²) in [6.07, 6.45) is 3.98. The van der Waals surface area contributed by atoms with Crippen molar-refractivity contribution < 1.29 is 13.9 Å². The van der Waals surface area contributed by atoms with Crippen molar-refractivity contribution in [1.29, 1.82) is 0 Å². The molecule has 4 heteroatoms. The molecule has 4 nitrogen and oxygen atoms in total. The summed E-state index contributed by atoms with van der Waals surface area (Å²) in [6.45, 7) is 2.16. The molecule has 1 atom stereocenters.